The number of likely N-dealkylation sites (N-methyl/N-ethyl adjacent to an activating group) is 1. The van der Waals surface area contributed by atoms with Gasteiger partial charge in [0, 0.05) is 13.1 Å². The Balaban J connectivity index is 2.62. The van der Waals surface area contributed by atoms with Crippen molar-refractivity contribution in [2.24, 2.45) is 0 Å². The average molecular weight is 224 g/mol. The molecule has 0 amide bonds. The Hall–Kier alpha value is -1.36. The molecule has 1 aromatic heterocycles. The summed E-state index contributed by atoms with van der Waals surface area (Å²) in [5.74, 6) is 1.50. The zero-order valence-electron chi connectivity index (χ0n) is 10.4. The number of nitrogens with zero attached hydrogens (tertiary/aromatic N) is 3. The van der Waals surface area contributed by atoms with E-state index in [9.17, 15) is 0 Å². The average Bonchev–Trinajstić information content (AvgIpc) is 2.23. The molecule has 0 radical (unpaired) electrons. The molecule has 1 N–H and O–H groups in total. The lowest BCUT2D eigenvalue weighted by molar-refractivity contribution is 0.252. The van der Waals surface area contributed by atoms with E-state index in [-0.39, 0.29) is 0 Å². The lowest BCUT2D eigenvalue weighted by Gasteiger charge is -2.13. The predicted octanol–water partition coefficient (Wildman–Crippen LogP) is 1.16. The third-order valence-electron chi connectivity index (χ3n) is 2.16. The topological polar surface area (TPSA) is 50.3 Å². The van der Waals surface area contributed by atoms with Crippen molar-refractivity contribution in [2.45, 2.75) is 13.8 Å². The summed E-state index contributed by atoms with van der Waals surface area (Å²) in [7, 11) is 4.03. The molecule has 0 saturated heterocycles. The normalized spacial score (nSPS) is 10.6. The van der Waals surface area contributed by atoms with E-state index in [0.29, 0.717) is 12.5 Å². The zero-order chi connectivity index (χ0) is 12.0. The highest BCUT2D eigenvalue weighted by Gasteiger charge is 2.06. The molecule has 0 aliphatic heterocycles. The zero-order valence-corrected chi connectivity index (χ0v) is 10.4. The predicted molar refractivity (Wildman–Crippen MR) is 65.0 cm³/mol. The molecule has 0 unspecified atom stereocenters. The second kappa shape index (κ2) is 6.27. The van der Waals surface area contributed by atoms with Crippen LogP contribution in [-0.4, -0.2) is 48.7 Å². The molecule has 16 heavy (non-hydrogen) atoms. The highest BCUT2D eigenvalue weighted by Crippen LogP contribution is 2.19. The number of aromatic nitrogens is 2. The van der Waals surface area contributed by atoms with Crippen molar-refractivity contribution in [2.75, 3.05) is 39.1 Å². The molecule has 0 fully saturated rings. The minimum absolute atomic E-state index is 0.635. The SMILES string of the molecule is CCNc1ncnc(OCCN(C)C)c1C. The first-order chi connectivity index (χ1) is 7.65. The minimum Gasteiger partial charge on any atom is -0.476 e. The van der Waals surface area contributed by atoms with E-state index in [1.165, 1.54) is 6.33 Å². The summed E-state index contributed by atoms with van der Waals surface area (Å²) in [6.07, 6.45) is 1.52. The monoisotopic (exact) mass is 224 g/mol. The molecular weight excluding hydrogens is 204 g/mol. The van der Waals surface area contributed by atoms with Crippen molar-refractivity contribution in [1.82, 2.24) is 14.9 Å². The first-order valence-electron chi connectivity index (χ1n) is 5.48. The molecule has 0 aliphatic rings. The van der Waals surface area contributed by atoms with Crippen LogP contribution >= 0.6 is 0 Å². The fourth-order valence-electron chi connectivity index (χ4n) is 1.25. The van der Waals surface area contributed by atoms with Crippen molar-refractivity contribution in [1.29, 1.82) is 0 Å². The highest BCUT2D eigenvalue weighted by molar-refractivity contribution is 5.47. The van der Waals surface area contributed by atoms with Crippen molar-refractivity contribution in [3.63, 3.8) is 0 Å². The molecule has 0 atom stereocenters. The largest absolute Gasteiger partial charge is 0.476 e. The van der Waals surface area contributed by atoms with Gasteiger partial charge in [0.15, 0.2) is 0 Å². The standard InChI is InChI=1S/C11H20N4O/c1-5-12-10-9(2)11(14-8-13-10)16-7-6-15(3)4/h8H,5-7H2,1-4H3,(H,12,13,14). The number of rotatable bonds is 6. The highest BCUT2D eigenvalue weighted by atomic mass is 16.5. The molecule has 0 bridgehead atoms. The van der Waals surface area contributed by atoms with Gasteiger partial charge in [0.05, 0.1) is 5.56 Å². The van der Waals surface area contributed by atoms with Gasteiger partial charge in [0.1, 0.15) is 18.8 Å². The summed E-state index contributed by atoms with van der Waals surface area (Å²) >= 11 is 0. The number of hydrogen-bond acceptors (Lipinski definition) is 5. The lowest BCUT2D eigenvalue weighted by Crippen LogP contribution is -2.20. The molecule has 90 valence electrons. The molecule has 0 spiro atoms. The van der Waals surface area contributed by atoms with Crippen LogP contribution in [0, 0.1) is 6.92 Å². The van der Waals surface area contributed by atoms with Gasteiger partial charge in [-0.05, 0) is 27.9 Å². The van der Waals surface area contributed by atoms with E-state index in [1.54, 1.807) is 0 Å². The molecule has 5 nitrogen and oxygen atoms in total. The lowest BCUT2D eigenvalue weighted by atomic mass is 10.3. The van der Waals surface area contributed by atoms with E-state index >= 15 is 0 Å². The smallest absolute Gasteiger partial charge is 0.221 e. The van der Waals surface area contributed by atoms with Crippen LogP contribution in [0.3, 0.4) is 0 Å². The van der Waals surface area contributed by atoms with E-state index in [1.807, 2.05) is 27.9 Å². The van der Waals surface area contributed by atoms with E-state index in [4.69, 9.17) is 4.74 Å². The van der Waals surface area contributed by atoms with Crippen LogP contribution in [0.2, 0.25) is 0 Å². The Morgan fingerprint density at radius 3 is 2.75 bits per heavy atom. The van der Waals surface area contributed by atoms with Crippen molar-refractivity contribution >= 4 is 5.82 Å². The summed E-state index contributed by atoms with van der Waals surface area (Å²) in [5, 5.41) is 3.17. The number of ether oxygens (including phenoxy) is 1. The van der Waals surface area contributed by atoms with E-state index in [0.717, 1.165) is 24.5 Å². The third kappa shape index (κ3) is 3.66. The quantitative estimate of drug-likeness (QED) is 0.785. The van der Waals surface area contributed by atoms with Crippen LogP contribution in [0.15, 0.2) is 6.33 Å². The third-order valence-corrected chi connectivity index (χ3v) is 2.16. The molecule has 5 heteroatoms. The van der Waals surface area contributed by atoms with Crippen LogP contribution < -0.4 is 10.1 Å². The van der Waals surface area contributed by atoms with Gasteiger partial charge < -0.3 is 15.0 Å². The van der Waals surface area contributed by atoms with Gasteiger partial charge in [-0.25, -0.2) is 9.97 Å². The molecule has 0 aliphatic carbocycles. The Kier molecular flexibility index (Phi) is 4.98. The van der Waals surface area contributed by atoms with Gasteiger partial charge in [-0.1, -0.05) is 0 Å². The first-order valence-corrected chi connectivity index (χ1v) is 5.48. The second-order valence-electron chi connectivity index (χ2n) is 3.83. The number of anilines is 1. The van der Waals surface area contributed by atoms with E-state index in [2.05, 4.69) is 20.2 Å². The fourth-order valence-corrected chi connectivity index (χ4v) is 1.25. The van der Waals surface area contributed by atoms with Gasteiger partial charge in [-0.2, -0.15) is 0 Å². The molecular formula is C11H20N4O. The number of nitrogens with one attached hydrogen (secondary N) is 1. The maximum Gasteiger partial charge on any atom is 0.221 e. The summed E-state index contributed by atoms with van der Waals surface area (Å²) in [4.78, 5) is 10.4. The summed E-state index contributed by atoms with van der Waals surface area (Å²) in [6, 6.07) is 0. The van der Waals surface area contributed by atoms with Crippen LogP contribution in [0.1, 0.15) is 12.5 Å². The van der Waals surface area contributed by atoms with Gasteiger partial charge in [-0.15, -0.1) is 0 Å². The maximum absolute atomic E-state index is 5.60. The Morgan fingerprint density at radius 1 is 1.38 bits per heavy atom. The Morgan fingerprint density at radius 2 is 2.12 bits per heavy atom. The van der Waals surface area contributed by atoms with Crippen LogP contribution in [0.5, 0.6) is 5.88 Å². The second-order valence-corrected chi connectivity index (χ2v) is 3.83. The van der Waals surface area contributed by atoms with Crippen LogP contribution in [0.4, 0.5) is 5.82 Å². The van der Waals surface area contributed by atoms with Crippen LogP contribution in [0.25, 0.3) is 0 Å². The number of hydrogen-bond donors (Lipinski definition) is 1. The van der Waals surface area contributed by atoms with Crippen LogP contribution in [-0.2, 0) is 0 Å². The maximum atomic E-state index is 5.60. The minimum atomic E-state index is 0.635. The Labute approximate surface area is 96.8 Å². The summed E-state index contributed by atoms with van der Waals surface area (Å²) in [6.45, 7) is 6.35. The first kappa shape index (κ1) is 12.7. The molecule has 0 aromatic carbocycles. The van der Waals surface area contributed by atoms with Gasteiger partial charge in [0.2, 0.25) is 5.88 Å². The van der Waals surface area contributed by atoms with Gasteiger partial charge in [-0.3, -0.25) is 0 Å². The molecule has 1 heterocycles. The van der Waals surface area contributed by atoms with Gasteiger partial charge >= 0.3 is 0 Å². The summed E-state index contributed by atoms with van der Waals surface area (Å²) < 4.78 is 5.60. The van der Waals surface area contributed by atoms with E-state index < -0.39 is 0 Å². The van der Waals surface area contributed by atoms with Gasteiger partial charge in [0.25, 0.3) is 0 Å². The molecule has 1 rings (SSSR count). The molecule has 1 aromatic rings. The molecule has 0 saturated carbocycles. The van der Waals surface area contributed by atoms with Crippen molar-refractivity contribution in [3.05, 3.63) is 11.9 Å². The van der Waals surface area contributed by atoms with Crippen molar-refractivity contribution < 1.29 is 4.74 Å². The Bertz CT molecular complexity index is 328. The fraction of sp³-hybridized carbons (Fsp3) is 0.636. The van der Waals surface area contributed by atoms with Crippen molar-refractivity contribution in [3.8, 4) is 5.88 Å². The summed E-state index contributed by atoms with van der Waals surface area (Å²) in [5.41, 5.74) is 0.961.